The van der Waals surface area contributed by atoms with E-state index >= 15 is 0 Å². The van der Waals surface area contributed by atoms with Crippen LogP contribution in [0.1, 0.15) is 34.2 Å². The summed E-state index contributed by atoms with van der Waals surface area (Å²) in [5.41, 5.74) is -0.468. The first-order chi connectivity index (χ1) is 17.6. The molecule has 38 heavy (non-hydrogen) atoms. The molecular formula is C24H22F9N3O2. The van der Waals surface area contributed by atoms with Crippen molar-refractivity contribution in [3.63, 3.8) is 0 Å². The molecule has 3 rings (SSSR count). The molecule has 0 aliphatic carbocycles. The summed E-state index contributed by atoms with van der Waals surface area (Å²) in [5.74, 6) is -0.596. The zero-order valence-electron chi connectivity index (χ0n) is 19.5. The van der Waals surface area contributed by atoms with Crippen molar-refractivity contribution in [1.82, 2.24) is 15.7 Å². The molecule has 14 heteroatoms. The van der Waals surface area contributed by atoms with Gasteiger partial charge in [-0.1, -0.05) is 12.1 Å². The van der Waals surface area contributed by atoms with E-state index in [-0.39, 0.29) is 31.3 Å². The molecule has 5 nitrogen and oxygen atoms in total. The highest BCUT2D eigenvalue weighted by molar-refractivity contribution is 5.78. The largest absolute Gasteiger partial charge is 0.416 e. The Morgan fingerprint density at radius 1 is 0.842 bits per heavy atom. The molecule has 1 aliphatic heterocycles. The van der Waals surface area contributed by atoms with Gasteiger partial charge in [0.1, 0.15) is 0 Å². The Kier molecular flexibility index (Phi) is 8.97. The van der Waals surface area contributed by atoms with Crippen molar-refractivity contribution >= 4 is 5.91 Å². The molecule has 1 amide bonds. The predicted octanol–water partition coefficient (Wildman–Crippen LogP) is 5.67. The van der Waals surface area contributed by atoms with Crippen LogP contribution < -0.4 is 10.8 Å². The van der Waals surface area contributed by atoms with Crippen molar-refractivity contribution in [2.75, 3.05) is 19.6 Å². The number of carbonyl (C=O) groups is 1. The van der Waals surface area contributed by atoms with Gasteiger partial charge in [-0.25, -0.2) is 0 Å². The standard InChI is InChI=1S/C24H22F9N3O2/c25-22(26,27)17-3-1-2-15(8-17)14-38-35-20-4-6-36(7-5-20)13-21(37)34-12-16-9-18(23(28,29)30)11-19(10-16)24(31,32)33/h1-4,8-11,35H,5-7,12-14H2,(H,34,37). The lowest BCUT2D eigenvalue weighted by Crippen LogP contribution is -2.40. The molecular weight excluding hydrogens is 533 g/mol. The van der Waals surface area contributed by atoms with E-state index < -0.39 is 47.7 Å². The van der Waals surface area contributed by atoms with Crippen LogP contribution in [0.2, 0.25) is 0 Å². The van der Waals surface area contributed by atoms with Crippen LogP contribution in [0.15, 0.2) is 54.2 Å². The molecule has 2 aromatic rings. The van der Waals surface area contributed by atoms with E-state index in [1.54, 1.807) is 11.0 Å². The molecule has 0 atom stereocenters. The lowest BCUT2D eigenvalue weighted by atomic mass is 10.0. The maximum Gasteiger partial charge on any atom is 0.416 e. The van der Waals surface area contributed by atoms with E-state index in [0.717, 1.165) is 12.1 Å². The molecule has 0 saturated carbocycles. The zero-order valence-corrected chi connectivity index (χ0v) is 19.5. The van der Waals surface area contributed by atoms with Crippen molar-refractivity contribution in [2.24, 2.45) is 0 Å². The first-order valence-electron chi connectivity index (χ1n) is 11.1. The smallest absolute Gasteiger partial charge is 0.351 e. The summed E-state index contributed by atoms with van der Waals surface area (Å²) in [6, 6.07) is 5.79. The van der Waals surface area contributed by atoms with Gasteiger partial charge in [-0.3, -0.25) is 20.0 Å². The molecule has 208 valence electrons. The summed E-state index contributed by atoms with van der Waals surface area (Å²) >= 11 is 0. The Hall–Kier alpha value is -3.26. The third-order valence-corrected chi connectivity index (χ3v) is 5.49. The average molecular weight is 555 g/mol. The first-order valence-corrected chi connectivity index (χ1v) is 11.1. The van der Waals surface area contributed by atoms with Gasteiger partial charge >= 0.3 is 18.5 Å². The van der Waals surface area contributed by atoms with Crippen LogP contribution in [0.25, 0.3) is 0 Å². The molecule has 0 aromatic heterocycles. The number of amides is 1. The SMILES string of the molecule is O=C(CN1CC=C(NOCc2cccc(C(F)(F)F)c2)CC1)NCc1cc(C(F)(F)F)cc(C(F)(F)F)c1. The van der Waals surface area contributed by atoms with Crippen LogP contribution in [-0.4, -0.2) is 30.4 Å². The summed E-state index contributed by atoms with van der Waals surface area (Å²) < 4.78 is 116. The minimum atomic E-state index is -4.98. The fourth-order valence-corrected chi connectivity index (χ4v) is 3.58. The number of benzene rings is 2. The first kappa shape index (κ1) is 29.3. The lowest BCUT2D eigenvalue weighted by molar-refractivity contribution is -0.143. The fourth-order valence-electron chi connectivity index (χ4n) is 3.58. The Morgan fingerprint density at radius 3 is 2.00 bits per heavy atom. The molecule has 2 aromatic carbocycles. The summed E-state index contributed by atoms with van der Waals surface area (Å²) in [4.78, 5) is 19.2. The minimum Gasteiger partial charge on any atom is -0.351 e. The molecule has 0 saturated heterocycles. The quantitative estimate of drug-likeness (QED) is 0.326. The number of nitrogens with zero attached hydrogens (tertiary/aromatic N) is 1. The van der Waals surface area contributed by atoms with E-state index in [0.29, 0.717) is 36.4 Å². The highest BCUT2D eigenvalue weighted by atomic mass is 19.4. The van der Waals surface area contributed by atoms with E-state index in [9.17, 15) is 44.3 Å². The number of rotatable bonds is 8. The Bertz CT molecular complexity index is 1130. The van der Waals surface area contributed by atoms with Crippen molar-refractivity contribution in [2.45, 2.75) is 38.1 Å². The van der Waals surface area contributed by atoms with Gasteiger partial charge in [0, 0.05) is 31.8 Å². The number of alkyl halides is 9. The molecule has 0 unspecified atom stereocenters. The van der Waals surface area contributed by atoms with Gasteiger partial charge < -0.3 is 5.32 Å². The molecule has 2 N–H and O–H groups in total. The third-order valence-electron chi connectivity index (χ3n) is 5.49. The van der Waals surface area contributed by atoms with Crippen LogP contribution >= 0.6 is 0 Å². The second-order valence-electron chi connectivity index (χ2n) is 8.49. The third kappa shape index (κ3) is 8.65. The number of carbonyl (C=O) groups excluding carboxylic acids is 1. The molecule has 0 fully saturated rings. The minimum absolute atomic E-state index is 0.0142. The molecule has 0 bridgehead atoms. The maximum atomic E-state index is 13.0. The summed E-state index contributed by atoms with van der Waals surface area (Å²) in [6.45, 7) is -0.143. The topological polar surface area (TPSA) is 53.6 Å². The maximum absolute atomic E-state index is 13.0. The normalized spacial score (nSPS) is 15.2. The molecule has 1 aliphatic rings. The monoisotopic (exact) mass is 555 g/mol. The van der Waals surface area contributed by atoms with E-state index in [2.05, 4.69) is 10.8 Å². The second kappa shape index (κ2) is 11.6. The van der Waals surface area contributed by atoms with Crippen LogP contribution in [0.4, 0.5) is 39.5 Å². The Morgan fingerprint density at radius 2 is 1.45 bits per heavy atom. The van der Waals surface area contributed by atoms with Crippen molar-refractivity contribution < 1.29 is 49.1 Å². The highest BCUT2D eigenvalue weighted by Gasteiger charge is 2.37. The molecule has 0 radical (unpaired) electrons. The number of hydrogen-bond donors (Lipinski definition) is 2. The summed E-state index contributed by atoms with van der Waals surface area (Å²) in [6.07, 6.45) is -12.3. The highest BCUT2D eigenvalue weighted by Crippen LogP contribution is 2.36. The molecule has 1 heterocycles. The van der Waals surface area contributed by atoms with Gasteiger partial charge in [0.2, 0.25) is 5.91 Å². The number of halogens is 9. The van der Waals surface area contributed by atoms with E-state index in [1.165, 1.54) is 12.1 Å². The van der Waals surface area contributed by atoms with Gasteiger partial charge in [-0.05, 0) is 47.5 Å². The van der Waals surface area contributed by atoms with E-state index in [1.807, 2.05) is 0 Å². The Balaban J connectivity index is 1.46. The zero-order chi connectivity index (χ0) is 28.1. The van der Waals surface area contributed by atoms with Crippen LogP contribution in [0.5, 0.6) is 0 Å². The lowest BCUT2D eigenvalue weighted by Gasteiger charge is -2.26. The predicted molar refractivity (Wildman–Crippen MR) is 117 cm³/mol. The number of hydroxylamine groups is 1. The second-order valence-corrected chi connectivity index (χ2v) is 8.49. The van der Waals surface area contributed by atoms with Gasteiger partial charge in [0.15, 0.2) is 0 Å². The van der Waals surface area contributed by atoms with E-state index in [4.69, 9.17) is 4.84 Å². The van der Waals surface area contributed by atoms with Crippen molar-refractivity contribution in [3.05, 3.63) is 82.1 Å². The number of nitrogens with one attached hydrogen (secondary N) is 2. The van der Waals surface area contributed by atoms with Gasteiger partial charge in [0.25, 0.3) is 0 Å². The van der Waals surface area contributed by atoms with Crippen molar-refractivity contribution in [1.29, 1.82) is 0 Å². The van der Waals surface area contributed by atoms with Crippen molar-refractivity contribution in [3.8, 4) is 0 Å². The van der Waals surface area contributed by atoms with Gasteiger partial charge in [-0.15, -0.1) is 0 Å². The fraction of sp³-hybridized carbons (Fsp3) is 0.375. The van der Waals surface area contributed by atoms with Gasteiger partial charge in [0.05, 0.1) is 29.8 Å². The van der Waals surface area contributed by atoms with Crippen LogP contribution in [0.3, 0.4) is 0 Å². The Labute approximate surface area is 211 Å². The van der Waals surface area contributed by atoms with Gasteiger partial charge in [-0.2, -0.15) is 39.5 Å². The summed E-state index contributed by atoms with van der Waals surface area (Å²) in [5, 5.41) is 2.33. The van der Waals surface area contributed by atoms with Crippen LogP contribution in [-0.2, 0) is 41.3 Å². The number of hydrogen-bond acceptors (Lipinski definition) is 4. The molecule has 0 spiro atoms. The average Bonchev–Trinajstić information content (AvgIpc) is 2.82. The summed E-state index contributed by atoms with van der Waals surface area (Å²) in [7, 11) is 0. The van der Waals surface area contributed by atoms with Crippen LogP contribution in [0, 0.1) is 0 Å².